The molecule has 0 bridgehead atoms. The van der Waals surface area contributed by atoms with Crippen molar-refractivity contribution >= 4 is 32.6 Å². The highest BCUT2D eigenvalue weighted by molar-refractivity contribution is 7.89. The minimum Gasteiger partial charge on any atom is -0.348 e. The van der Waals surface area contributed by atoms with E-state index in [-0.39, 0.29) is 36.8 Å². The van der Waals surface area contributed by atoms with Crippen LogP contribution >= 0.6 is 0 Å². The maximum atomic E-state index is 13.3. The normalized spacial score (nSPS) is 15.9. The lowest BCUT2D eigenvalue weighted by atomic mass is 10.1. The van der Waals surface area contributed by atoms with E-state index in [4.69, 9.17) is 0 Å². The van der Waals surface area contributed by atoms with Crippen molar-refractivity contribution in [3.8, 4) is 0 Å². The van der Waals surface area contributed by atoms with Gasteiger partial charge in [-0.05, 0) is 49.7 Å². The predicted octanol–water partition coefficient (Wildman–Crippen LogP) is 4.61. The highest BCUT2D eigenvalue weighted by Gasteiger charge is 2.34. The Bertz CT molecular complexity index is 1300. The van der Waals surface area contributed by atoms with Gasteiger partial charge >= 0.3 is 12.2 Å². The van der Waals surface area contributed by atoms with Crippen LogP contribution in [0.15, 0.2) is 59.6 Å². The molecule has 1 aromatic heterocycles. The summed E-state index contributed by atoms with van der Waals surface area (Å²) in [6.07, 6.45) is -2.34. The molecule has 34 heavy (non-hydrogen) atoms. The average molecular weight is 495 g/mol. The van der Waals surface area contributed by atoms with Crippen LogP contribution in [0.2, 0.25) is 0 Å². The summed E-state index contributed by atoms with van der Waals surface area (Å²) in [5.41, 5.74) is -0.324. The Kier molecular flexibility index (Phi) is 6.59. The fourth-order valence-corrected chi connectivity index (χ4v) is 5.64. The van der Waals surface area contributed by atoms with Gasteiger partial charge in [-0.1, -0.05) is 12.1 Å². The van der Waals surface area contributed by atoms with Crippen molar-refractivity contribution in [2.75, 3.05) is 31.5 Å². The van der Waals surface area contributed by atoms with E-state index in [0.29, 0.717) is 6.42 Å². The molecule has 7 nitrogen and oxygen atoms in total. The van der Waals surface area contributed by atoms with E-state index in [2.05, 4.69) is 5.32 Å². The van der Waals surface area contributed by atoms with Gasteiger partial charge < -0.3 is 14.8 Å². The number of amides is 2. The zero-order chi connectivity index (χ0) is 24.5. The molecule has 0 unspecified atom stereocenters. The van der Waals surface area contributed by atoms with Gasteiger partial charge in [-0.3, -0.25) is 0 Å². The van der Waals surface area contributed by atoms with Gasteiger partial charge in [0.05, 0.1) is 16.1 Å². The van der Waals surface area contributed by atoms with Crippen molar-refractivity contribution < 1.29 is 26.4 Å². The summed E-state index contributed by atoms with van der Waals surface area (Å²) in [4.78, 5) is 14.2. The zero-order valence-corrected chi connectivity index (χ0v) is 19.4. The van der Waals surface area contributed by atoms with Gasteiger partial charge in [-0.25, -0.2) is 13.2 Å². The van der Waals surface area contributed by atoms with Crippen molar-refractivity contribution in [1.29, 1.82) is 0 Å². The number of fused-ring (bicyclic) bond motifs is 1. The number of aromatic nitrogens is 1. The number of para-hydroxylation sites is 1. The number of benzene rings is 2. The molecule has 2 amide bonds. The van der Waals surface area contributed by atoms with Gasteiger partial charge in [0.15, 0.2) is 0 Å². The Hall–Kier alpha value is -3.05. The maximum absolute atomic E-state index is 13.3. The minimum atomic E-state index is -4.60. The molecule has 3 aromatic rings. The molecule has 0 spiro atoms. The Labute approximate surface area is 195 Å². The molecule has 1 N–H and O–H groups in total. The second-order valence-electron chi connectivity index (χ2n) is 8.04. The maximum Gasteiger partial charge on any atom is 0.418 e. The Balaban J connectivity index is 1.47. The largest absolute Gasteiger partial charge is 0.418 e. The molecule has 2 heterocycles. The highest BCUT2D eigenvalue weighted by atomic mass is 32.2. The van der Waals surface area contributed by atoms with Gasteiger partial charge in [0.2, 0.25) is 10.0 Å². The lowest BCUT2D eigenvalue weighted by molar-refractivity contribution is -0.136. The van der Waals surface area contributed by atoms with E-state index in [1.165, 1.54) is 27.4 Å². The number of anilines is 1. The lowest BCUT2D eigenvalue weighted by Crippen LogP contribution is -2.39. The number of hydrogen-bond acceptors (Lipinski definition) is 3. The van der Waals surface area contributed by atoms with E-state index in [1.807, 2.05) is 23.8 Å². The lowest BCUT2D eigenvalue weighted by Gasteiger charge is -2.23. The molecule has 1 aliphatic heterocycles. The Morgan fingerprint density at radius 1 is 1.03 bits per heavy atom. The highest BCUT2D eigenvalue weighted by Crippen LogP contribution is 2.34. The first-order chi connectivity index (χ1) is 16.1. The molecule has 4 rings (SSSR count). The number of nitrogens with one attached hydrogen (secondary N) is 1. The van der Waals surface area contributed by atoms with Crippen LogP contribution in [0.25, 0.3) is 10.9 Å². The molecular formula is C23H25F3N4O3S. The van der Waals surface area contributed by atoms with Crippen molar-refractivity contribution in [3.05, 3.63) is 60.3 Å². The van der Waals surface area contributed by atoms with Gasteiger partial charge in [-0.2, -0.15) is 17.5 Å². The summed E-state index contributed by atoms with van der Waals surface area (Å²) < 4.78 is 69.5. The van der Waals surface area contributed by atoms with E-state index < -0.39 is 27.8 Å². The third-order valence-electron chi connectivity index (χ3n) is 5.94. The first-order valence-electron chi connectivity index (χ1n) is 10.9. The van der Waals surface area contributed by atoms with Crippen LogP contribution < -0.4 is 5.32 Å². The van der Waals surface area contributed by atoms with Crippen LogP contribution in [0, 0.1) is 0 Å². The van der Waals surface area contributed by atoms with Gasteiger partial charge in [0.1, 0.15) is 0 Å². The predicted molar refractivity (Wildman–Crippen MR) is 123 cm³/mol. The monoisotopic (exact) mass is 494 g/mol. The fourth-order valence-electron chi connectivity index (χ4n) is 4.13. The molecule has 2 aromatic carbocycles. The van der Waals surface area contributed by atoms with Crippen LogP contribution in [0.3, 0.4) is 0 Å². The number of aryl methyl sites for hydroxylation is 1. The van der Waals surface area contributed by atoms with E-state index in [0.717, 1.165) is 23.5 Å². The molecule has 1 saturated heterocycles. The summed E-state index contributed by atoms with van der Waals surface area (Å²) >= 11 is 0. The summed E-state index contributed by atoms with van der Waals surface area (Å²) in [5, 5.41) is 3.15. The number of sulfonamides is 1. The quantitative estimate of drug-likeness (QED) is 0.576. The third-order valence-corrected chi connectivity index (χ3v) is 7.83. The number of urea groups is 1. The van der Waals surface area contributed by atoms with Gasteiger partial charge in [0.25, 0.3) is 0 Å². The van der Waals surface area contributed by atoms with E-state index in [1.54, 1.807) is 18.2 Å². The third kappa shape index (κ3) is 4.76. The topological polar surface area (TPSA) is 74.7 Å². The summed E-state index contributed by atoms with van der Waals surface area (Å²) in [7, 11) is -3.79. The van der Waals surface area contributed by atoms with Crippen LogP contribution in [-0.2, 0) is 22.7 Å². The SMILES string of the molecule is CCn1ccc2cc(S(=O)(=O)N3CCCN(C(=O)Nc4ccccc4C(F)(F)F)CC3)ccc21. The number of halogens is 3. The summed E-state index contributed by atoms with van der Waals surface area (Å²) in [5.74, 6) is 0. The summed E-state index contributed by atoms with van der Waals surface area (Å²) in [6.45, 7) is 3.32. The molecule has 1 fully saturated rings. The van der Waals surface area contributed by atoms with Gasteiger partial charge in [0, 0.05) is 49.8 Å². The van der Waals surface area contributed by atoms with Crippen LogP contribution in [0.4, 0.5) is 23.7 Å². The fraction of sp³-hybridized carbons (Fsp3) is 0.348. The minimum absolute atomic E-state index is 0.0463. The number of carbonyl (C=O) groups excluding carboxylic acids is 1. The first-order valence-corrected chi connectivity index (χ1v) is 12.4. The smallest absolute Gasteiger partial charge is 0.348 e. The van der Waals surface area contributed by atoms with Crippen LogP contribution in [-0.4, -0.2) is 54.4 Å². The summed E-state index contributed by atoms with van der Waals surface area (Å²) in [6, 6.07) is 10.9. The molecule has 182 valence electrons. The van der Waals surface area contributed by atoms with Crippen molar-refractivity contribution in [2.24, 2.45) is 0 Å². The average Bonchev–Trinajstić information content (AvgIpc) is 3.03. The Morgan fingerprint density at radius 3 is 2.53 bits per heavy atom. The van der Waals surface area contributed by atoms with Crippen molar-refractivity contribution in [1.82, 2.24) is 13.8 Å². The number of hydrogen-bond donors (Lipinski definition) is 1. The van der Waals surface area contributed by atoms with Crippen molar-refractivity contribution in [3.63, 3.8) is 0 Å². The van der Waals surface area contributed by atoms with E-state index >= 15 is 0 Å². The molecule has 0 aliphatic carbocycles. The van der Waals surface area contributed by atoms with Crippen molar-refractivity contribution in [2.45, 2.75) is 31.0 Å². The molecule has 0 saturated carbocycles. The first kappa shape index (κ1) is 24.1. The number of rotatable bonds is 4. The number of nitrogens with zero attached hydrogens (tertiary/aromatic N) is 3. The molecular weight excluding hydrogens is 469 g/mol. The number of alkyl halides is 3. The Morgan fingerprint density at radius 2 is 1.79 bits per heavy atom. The number of carbonyl (C=O) groups is 1. The van der Waals surface area contributed by atoms with Crippen LogP contribution in [0.5, 0.6) is 0 Å². The molecule has 0 radical (unpaired) electrons. The molecule has 1 aliphatic rings. The second kappa shape index (κ2) is 9.30. The van der Waals surface area contributed by atoms with E-state index in [9.17, 15) is 26.4 Å². The standard InChI is InChI=1S/C23H25F3N4O3S/c1-2-28-13-10-17-16-18(8-9-21(17)28)34(32,33)30-12-5-11-29(14-15-30)22(31)27-20-7-4-3-6-19(20)23(24,25)26/h3-4,6-10,13,16H,2,5,11-12,14-15H2,1H3,(H,27,31). The second-order valence-corrected chi connectivity index (χ2v) is 9.98. The van der Waals surface area contributed by atoms with Crippen LogP contribution in [0.1, 0.15) is 18.9 Å². The zero-order valence-electron chi connectivity index (χ0n) is 18.5. The molecule has 0 atom stereocenters. The molecule has 11 heteroatoms. The van der Waals surface area contributed by atoms with Gasteiger partial charge in [-0.15, -0.1) is 0 Å².